The predicted molar refractivity (Wildman–Crippen MR) is 106 cm³/mol. The molecule has 1 N–H and O–H groups in total. The molecule has 1 aromatic heterocycles. The van der Waals surface area contributed by atoms with E-state index in [4.69, 9.17) is 0 Å². The van der Waals surface area contributed by atoms with Gasteiger partial charge in [0.05, 0.1) is 10.5 Å². The van der Waals surface area contributed by atoms with Crippen molar-refractivity contribution in [3.05, 3.63) is 92.7 Å². The van der Waals surface area contributed by atoms with Crippen molar-refractivity contribution in [2.75, 3.05) is 4.90 Å². The quantitative estimate of drug-likeness (QED) is 0.224. The molecule has 0 saturated carbocycles. The number of amides is 1. The van der Waals surface area contributed by atoms with Crippen LogP contribution in [0.15, 0.2) is 65.7 Å². The molecule has 1 aliphatic rings. The largest absolute Gasteiger partial charge is 0.507 e. The second-order valence-electron chi connectivity index (χ2n) is 6.31. The number of hydrogen-bond donors (Lipinski definition) is 1. The highest BCUT2D eigenvalue weighted by Crippen LogP contribution is 2.43. The van der Waals surface area contributed by atoms with Gasteiger partial charge in [-0.1, -0.05) is 18.2 Å². The monoisotopic (exact) mass is 425 g/mol. The summed E-state index contributed by atoms with van der Waals surface area (Å²) in [7, 11) is 0. The Morgan fingerprint density at radius 2 is 1.87 bits per heavy atom. The number of nitrogens with zero attached hydrogens (tertiary/aromatic N) is 3. The van der Waals surface area contributed by atoms with Gasteiger partial charge >= 0.3 is 5.91 Å². The highest BCUT2D eigenvalue weighted by Gasteiger charge is 2.48. The average molecular weight is 425 g/mol. The molecular weight excluding hydrogens is 413 g/mol. The first-order chi connectivity index (χ1) is 14.4. The van der Waals surface area contributed by atoms with Gasteiger partial charge in [0.15, 0.2) is 5.13 Å². The van der Waals surface area contributed by atoms with Crippen molar-refractivity contribution in [1.82, 2.24) is 4.98 Å². The van der Waals surface area contributed by atoms with Crippen molar-refractivity contribution in [2.24, 2.45) is 0 Å². The van der Waals surface area contributed by atoms with E-state index in [0.29, 0.717) is 0 Å². The minimum atomic E-state index is -1.24. The first-order valence-corrected chi connectivity index (χ1v) is 9.48. The molecule has 1 fully saturated rings. The molecule has 4 rings (SSSR count). The molecule has 1 atom stereocenters. The summed E-state index contributed by atoms with van der Waals surface area (Å²) in [4.78, 5) is 41.0. The molecule has 1 saturated heterocycles. The van der Waals surface area contributed by atoms with E-state index in [0.717, 1.165) is 28.4 Å². The molecule has 1 amide bonds. The maximum atomic E-state index is 14.6. The van der Waals surface area contributed by atoms with Gasteiger partial charge in [0, 0.05) is 34.8 Å². The molecule has 0 radical (unpaired) electrons. The number of Topliss-reactive ketones (excluding diaryl/α,β-unsaturated/α-hetero) is 1. The van der Waals surface area contributed by atoms with Crippen LogP contribution in [0, 0.1) is 15.9 Å². The van der Waals surface area contributed by atoms with Crippen LogP contribution < -0.4 is 4.90 Å². The Morgan fingerprint density at radius 1 is 1.17 bits per heavy atom. The number of ketones is 1. The number of aliphatic hydroxyl groups excluding tert-OH is 1. The van der Waals surface area contributed by atoms with E-state index in [2.05, 4.69) is 4.98 Å². The van der Waals surface area contributed by atoms with E-state index in [1.165, 1.54) is 36.5 Å². The van der Waals surface area contributed by atoms with Crippen LogP contribution in [-0.4, -0.2) is 26.7 Å². The van der Waals surface area contributed by atoms with E-state index < -0.39 is 34.2 Å². The summed E-state index contributed by atoms with van der Waals surface area (Å²) >= 11 is 1.09. The van der Waals surface area contributed by atoms with Crippen molar-refractivity contribution in [2.45, 2.75) is 6.04 Å². The minimum Gasteiger partial charge on any atom is -0.507 e. The third-order valence-corrected chi connectivity index (χ3v) is 5.39. The highest BCUT2D eigenvalue weighted by molar-refractivity contribution is 7.14. The Kier molecular flexibility index (Phi) is 4.84. The molecule has 2 heterocycles. The fraction of sp³-hybridized carbons (Fsp3) is 0.0500. The maximum absolute atomic E-state index is 14.6. The molecule has 150 valence electrons. The molecule has 0 bridgehead atoms. The summed E-state index contributed by atoms with van der Waals surface area (Å²) in [5.41, 5.74) is -0.441. The summed E-state index contributed by atoms with van der Waals surface area (Å²) in [6, 6.07) is 9.18. The van der Waals surface area contributed by atoms with Gasteiger partial charge in [-0.05, 0) is 18.2 Å². The normalized spacial score (nSPS) is 18.0. The Morgan fingerprint density at radius 3 is 2.47 bits per heavy atom. The third-order valence-electron chi connectivity index (χ3n) is 4.62. The van der Waals surface area contributed by atoms with E-state index in [-0.39, 0.29) is 27.5 Å². The lowest BCUT2D eigenvalue weighted by Crippen LogP contribution is -2.29. The number of aliphatic hydroxyl groups is 1. The average Bonchev–Trinajstić information content (AvgIpc) is 3.35. The molecular formula is C20H12FN3O5S. The molecule has 8 nitrogen and oxygen atoms in total. The second-order valence-corrected chi connectivity index (χ2v) is 7.18. The van der Waals surface area contributed by atoms with Crippen LogP contribution in [-0.2, 0) is 9.59 Å². The van der Waals surface area contributed by atoms with E-state index >= 15 is 0 Å². The predicted octanol–water partition coefficient (Wildman–Crippen LogP) is 3.82. The molecule has 30 heavy (non-hydrogen) atoms. The smallest absolute Gasteiger partial charge is 0.301 e. The Labute approximate surface area is 172 Å². The van der Waals surface area contributed by atoms with Gasteiger partial charge in [-0.3, -0.25) is 24.6 Å². The van der Waals surface area contributed by atoms with Crippen molar-refractivity contribution >= 4 is 39.6 Å². The van der Waals surface area contributed by atoms with Crippen LogP contribution in [0.2, 0.25) is 0 Å². The Hall–Kier alpha value is -3.92. The third kappa shape index (κ3) is 3.12. The van der Waals surface area contributed by atoms with E-state index in [1.807, 2.05) is 0 Å². The Balaban J connectivity index is 1.93. The number of rotatable bonds is 4. The number of thiazole rings is 1. The number of non-ortho nitro benzene ring substituents is 1. The molecule has 1 unspecified atom stereocenters. The number of carbonyl (C=O) groups excluding carboxylic acids is 2. The summed E-state index contributed by atoms with van der Waals surface area (Å²) in [6.45, 7) is 0. The van der Waals surface area contributed by atoms with Crippen LogP contribution in [0.3, 0.4) is 0 Å². The standard InChI is InChI=1S/C20H12FN3O5S/c21-14-4-2-1-3-13(14)16-15(17(25)11-5-7-12(8-6-11)24(28)29)18(26)19(27)23(16)20-22-9-10-30-20/h1-10,16,25H/b17-15+. The fourth-order valence-corrected chi connectivity index (χ4v) is 3.92. The molecule has 2 aromatic carbocycles. The van der Waals surface area contributed by atoms with Crippen LogP contribution in [0.5, 0.6) is 0 Å². The Bertz CT molecular complexity index is 1190. The topological polar surface area (TPSA) is 114 Å². The molecule has 3 aromatic rings. The summed E-state index contributed by atoms with van der Waals surface area (Å²) in [6.07, 6.45) is 1.44. The number of aromatic nitrogens is 1. The lowest BCUT2D eigenvalue weighted by atomic mass is 9.95. The van der Waals surface area contributed by atoms with Gasteiger partial charge in [-0.25, -0.2) is 9.37 Å². The van der Waals surface area contributed by atoms with Crippen LogP contribution in [0.4, 0.5) is 15.2 Å². The molecule has 0 aliphatic carbocycles. The summed E-state index contributed by atoms with van der Waals surface area (Å²) in [5, 5.41) is 23.5. The fourth-order valence-electron chi connectivity index (χ4n) is 3.25. The van der Waals surface area contributed by atoms with E-state index in [9.17, 15) is 29.2 Å². The number of benzene rings is 2. The van der Waals surface area contributed by atoms with Crippen molar-refractivity contribution in [3.63, 3.8) is 0 Å². The zero-order valence-electron chi connectivity index (χ0n) is 15.1. The number of hydrogen-bond acceptors (Lipinski definition) is 7. The van der Waals surface area contributed by atoms with Crippen molar-refractivity contribution in [3.8, 4) is 0 Å². The number of carbonyl (C=O) groups is 2. The van der Waals surface area contributed by atoms with E-state index in [1.54, 1.807) is 11.4 Å². The van der Waals surface area contributed by atoms with Gasteiger partial charge in [0.2, 0.25) is 0 Å². The number of nitro benzene ring substituents is 1. The van der Waals surface area contributed by atoms with Gasteiger partial charge < -0.3 is 5.11 Å². The van der Waals surface area contributed by atoms with Gasteiger partial charge in [0.1, 0.15) is 17.6 Å². The van der Waals surface area contributed by atoms with Crippen molar-refractivity contribution in [1.29, 1.82) is 0 Å². The van der Waals surface area contributed by atoms with Crippen LogP contribution >= 0.6 is 11.3 Å². The van der Waals surface area contributed by atoms with Gasteiger partial charge in [-0.15, -0.1) is 11.3 Å². The van der Waals surface area contributed by atoms with Crippen LogP contribution in [0.25, 0.3) is 5.76 Å². The van der Waals surface area contributed by atoms with Crippen molar-refractivity contribution < 1.29 is 24.0 Å². The second kappa shape index (κ2) is 7.48. The zero-order chi connectivity index (χ0) is 21.4. The van der Waals surface area contributed by atoms with Gasteiger partial charge in [0.25, 0.3) is 11.5 Å². The molecule has 1 aliphatic heterocycles. The number of nitro groups is 1. The first-order valence-electron chi connectivity index (χ1n) is 8.60. The number of halogens is 1. The lowest BCUT2D eigenvalue weighted by Gasteiger charge is -2.23. The lowest BCUT2D eigenvalue weighted by molar-refractivity contribution is -0.384. The minimum absolute atomic E-state index is 0.00959. The first kappa shape index (κ1) is 19.4. The molecule has 0 spiro atoms. The van der Waals surface area contributed by atoms with Crippen LogP contribution in [0.1, 0.15) is 17.2 Å². The summed E-state index contributed by atoms with van der Waals surface area (Å²) < 4.78 is 14.6. The highest BCUT2D eigenvalue weighted by atomic mass is 32.1. The summed E-state index contributed by atoms with van der Waals surface area (Å²) in [5.74, 6) is -3.19. The van der Waals surface area contributed by atoms with Gasteiger partial charge in [-0.2, -0.15) is 0 Å². The number of anilines is 1. The SMILES string of the molecule is O=C1C(=O)N(c2nccs2)C(c2ccccc2F)/C1=C(\O)c1ccc([N+](=O)[O-])cc1. The molecule has 10 heteroatoms. The zero-order valence-corrected chi connectivity index (χ0v) is 15.9. The maximum Gasteiger partial charge on any atom is 0.301 e.